The second-order valence-corrected chi connectivity index (χ2v) is 5.79. The number of carboxylic acids is 2. The van der Waals surface area contributed by atoms with Gasteiger partial charge in [-0.25, -0.2) is 9.59 Å². The molecule has 0 aliphatic rings. The molecule has 0 radical (unpaired) electrons. The molecule has 0 aromatic heterocycles. The van der Waals surface area contributed by atoms with Crippen molar-refractivity contribution >= 4 is 35.7 Å². The van der Waals surface area contributed by atoms with Gasteiger partial charge in [-0.2, -0.15) is 0 Å². The van der Waals surface area contributed by atoms with E-state index < -0.39 is 11.9 Å². The van der Waals surface area contributed by atoms with Crippen LogP contribution in [0.15, 0.2) is 82.8 Å². The third-order valence-electron chi connectivity index (χ3n) is 3.95. The van der Waals surface area contributed by atoms with Crippen molar-refractivity contribution in [3.05, 3.63) is 95.1 Å². The second-order valence-electron chi connectivity index (χ2n) is 5.79. The maximum Gasteiger partial charge on any atom is 0.336 e. The van der Waals surface area contributed by atoms with Crippen molar-refractivity contribution in [2.24, 2.45) is 9.98 Å². The minimum absolute atomic E-state index is 0. The Hall–Kier alpha value is -3.44. The van der Waals surface area contributed by atoms with Crippen molar-refractivity contribution < 1.29 is 39.3 Å². The van der Waals surface area contributed by atoms with E-state index in [0.717, 1.165) is 0 Å². The first kappa shape index (κ1) is 21.9. The maximum absolute atomic E-state index is 11.3. The molecule has 0 saturated heterocycles. The number of rotatable bonds is 6. The molecule has 6 nitrogen and oxygen atoms in total. The van der Waals surface area contributed by atoms with E-state index in [1.54, 1.807) is 60.7 Å². The summed E-state index contributed by atoms with van der Waals surface area (Å²) in [5.74, 6) is -2.06. The summed E-state index contributed by atoms with van der Waals surface area (Å²) >= 11 is 0. The molecule has 7 heteroatoms. The molecule has 3 aromatic rings. The van der Waals surface area contributed by atoms with Crippen molar-refractivity contribution in [2.75, 3.05) is 0 Å². The van der Waals surface area contributed by atoms with E-state index in [0.29, 0.717) is 22.5 Å². The molecule has 0 atom stereocenters. The number of benzene rings is 3. The van der Waals surface area contributed by atoms with Gasteiger partial charge in [-0.1, -0.05) is 48.5 Å². The Morgan fingerprint density at radius 3 is 1.34 bits per heavy atom. The molecule has 2 N–H and O–H groups in total. The van der Waals surface area contributed by atoms with E-state index in [4.69, 9.17) is 0 Å². The third kappa shape index (κ3) is 5.53. The van der Waals surface area contributed by atoms with Gasteiger partial charge in [0.2, 0.25) is 0 Å². The minimum atomic E-state index is -1.03. The Bertz CT molecular complexity index is 1010. The molecule has 3 rings (SSSR count). The first-order valence-corrected chi connectivity index (χ1v) is 8.38. The Morgan fingerprint density at radius 2 is 0.966 bits per heavy atom. The molecule has 0 bridgehead atoms. The first-order valence-electron chi connectivity index (χ1n) is 8.38. The van der Waals surface area contributed by atoms with Crippen LogP contribution < -0.4 is 0 Å². The molecule has 0 saturated carbocycles. The number of para-hydroxylation sites is 2. The summed E-state index contributed by atoms with van der Waals surface area (Å²) < 4.78 is 0. The predicted octanol–water partition coefficient (Wildman–Crippen LogP) is 4.58. The van der Waals surface area contributed by atoms with Crippen LogP contribution in [-0.4, -0.2) is 34.6 Å². The SMILES string of the molecule is O=C(O)c1ccccc1C=Nc1ccccc1N=Cc1ccccc1C(=O)O.[Zn]. The molecule has 0 spiro atoms. The van der Waals surface area contributed by atoms with Gasteiger partial charge >= 0.3 is 11.9 Å². The van der Waals surface area contributed by atoms with Gasteiger partial charge in [0.25, 0.3) is 0 Å². The summed E-state index contributed by atoms with van der Waals surface area (Å²) in [6.45, 7) is 0. The normalized spacial score (nSPS) is 10.8. The van der Waals surface area contributed by atoms with Gasteiger partial charge < -0.3 is 10.2 Å². The van der Waals surface area contributed by atoms with Crippen molar-refractivity contribution in [1.82, 2.24) is 0 Å². The fraction of sp³-hybridized carbons (Fsp3) is 0. The van der Waals surface area contributed by atoms with Gasteiger partial charge in [-0.05, 0) is 24.3 Å². The summed E-state index contributed by atoms with van der Waals surface area (Å²) in [5.41, 5.74) is 2.33. The van der Waals surface area contributed by atoms with E-state index >= 15 is 0 Å². The Labute approximate surface area is 180 Å². The molecule has 0 unspecified atom stereocenters. The molecular formula is C22H16N2O4Zn. The average molecular weight is 438 g/mol. The van der Waals surface area contributed by atoms with E-state index in [-0.39, 0.29) is 30.6 Å². The average Bonchev–Trinajstić information content (AvgIpc) is 2.71. The zero-order chi connectivity index (χ0) is 19.9. The zero-order valence-electron chi connectivity index (χ0n) is 15.4. The van der Waals surface area contributed by atoms with Crippen LogP contribution in [-0.2, 0) is 19.5 Å². The number of carbonyl (C=O) groups is 2. The maximum atomic E-state index is 11.3. The topological polar surface area (TPSA) is 99.3 Å². The van der Waals surface area contributed by atoms with Crippen molar-refractivity contribution in [2.45, 2.75) is 0 Å². The fourth-order valence-electron chi connectivity index (χ4n) is 2.57. The molecular weight excluding hydrogens is 422 g/mol. The molecule has 3 aromatic carbocycles. The van der Waals surface area contributed by atoms with Crippen molar-refractivity contribution in [3.8, 4) is 0 Å². The van der Waals surface area contributed by atoms with E-state index in [1.807, 2.05) is 0 Å². The number of carboxylic acid groups (broad SMARTS) is 2. The van der Waals surface area contributed by atoms with Crippen LogP contribution in [0.2, 0.25) is 0 Å². The summed E-state index contributed by atoms with van der Waals surface area (Å²) in [5, 5.41) is 18.5. The molecule has 140 valence electrons. The third-order valence-corrected chi connectivity index (χ3v) is 3.95. The largest absolute Gasteiger partial charge is 0.478 e. The van der Waals surface area contributed by atoms with Gasteiger partial charge in [-0.15, -0.1) is 0 Å². The predicted molar refractivity (Wildman–Crippen MR) is 108 cm³/mol. The fourth-order valence-corrected chi connectivity index (χ4v) is 2.57. The summed E-state index contributed by atoms with van der Waals surface area (Å²) in [6, 6.07) is 20.2. The van der Waals surface area contributed by atoms with Crippen molar-refractivity contribution in [3.63, 3.8) is 0 Å². The number of aliphatic imine (C=N–C) groups is 2. The smallest absolute Gasteiger partial charge is 0.336 e. The van der Waals surface area contributed by atoms with E-state index in [1.165, 1.54) is 24.6 Å². The first-order chi connectivity index (χ1) is 13.6. The Balaban J connectivity index is 0.00000300. The summed E-state index contributed by atoms with van der Waals surface area (Å²) in [7, 11) is 0. The molecule has 0 aliphatic carbocycles. The van der Waals surface area contributed by atoms with Crippen molar-refractivity contribution in [1.29, 1.82) is 0 Å². The Kier molecular flexibility index (Phi) is 7.69. The van der Waals surface area contributed by atoms with Crippen LogP contribution in [0.1, 0.15) is 31.8 Å². The second kappa shape index (κ2) is 10.2. The van der Waals surface area contributed by atoms with Gasteiger partial charge in [0, 0.05) is 43.0 Å². The molecule has 0 aliphatic heterocycles. The van der Waals surface area contributed by atoms with E-state index in [9.17, 15) is 19.8 Å². The van der Waals surface area contributed by atoms with Gasteiger partial charge in [0.15, 0.2) is 0 Å². The molecule has 29 heavy (non-hydrogen) atoms. The van der Waals surface area contributed by atoms with Crippen LogP contribution in [0.4, 0.5) is 11.4 Å². The van der Waals surface area contributed by atoms with Crippen LogP contribution in [0, 0.1) is 0 Å². The molecule has 0 amide bonds. The summed E-state index contributed by atoms with van der Waals surface area (Å²) in [6.07, 6.45) is 2.95. The van der Waals surface area contributed by atoms with Gasteiger partial charge in [0.05, 0.1) is 22.5 Å². The van der Waals surface area contributed by atoms with Gasteiger partial charge in [-0.3, -0.25) is 9.98 Å². The molecule has 0 heterocycles. The van der Waals surface area contributed by atoms with Gasteiger partial charge in [0.1, 0.15) is 0 Å². The van der Waals surface area contributed by atoms with E-state index in [2.05, 4.69) is 9.98 Å². The molecule has 0 fully saturated rings. The standard InChI is InChI=1S/C22H16N2O4.Zn/c25-21(26)17-9-3-1-7-15(17)13-23-19-11-5-6-12-20(19)24-14-16-8-2-4-10-18(16)22(27)28;/h1-14H,(H,25,26)(H,27,28);. The number of nitrogens with zero attached hydrogens (tertiary/aromatic N) is 2. The minimum Gasteiger partial charge on any atom is -0.478 e. The Morgan fingerprint density at radius 1 is 0.621 bits per heavy atom. The number of hydrogen-bond donors (Lipinski definition) is 2. The van der Waals surface area contributed by atoms with Crippen LogP contribution in [0.5, 0.6) is 0 Å². The number of hydrogen-bond acceptors (Lipinski definition) is 4. The number of aromatic carboxylic acids is 2. The van der Waals surface area contributed by atoms with Crippen LogP contribution >= 0.6 is 0 Å². The van der Waals surface area contributed by atoms with Crippen LogP contribution in [0.3, 0.4) is 0 Å². The van der Waals surface area contributed by atoms with Crippen LogP contribution in [0.25, 0.3) is 0 Å². The zero-order valence-corrected chi connectivity index (χ0v) is 18.4. The quantitative estimate of drug-likeness (QED) is 0.435. The monoisotopic (exact) mass is 436 g/mol. The summed E-state index contributed by atoms with van der Waals surface area (Å²) in [4.78, 5) is 31.4.